The first-order chi connectivity index (χ1) is 8.27. The predicted octanol–water partition coefficient (Wildman–Crippen LogP) is 2.20. The predicted molar refractivity (Wildman–Crippen MR) is 64.7 cm³/mol. The molecule has 2 rings (SSSR count). The van der Waals surface area contributed by atoms with Gasteiger partial charge in [-0.2, -0.15) is 5.10 Å². The van der Waals surface area contributed by atoms with E-state index in [0.717, 1.165) is 28.1 Å². The van der Waals surface area contributed by atoms with Gasteiger partial charge in [-0.05, 0) is 36.2 Å². The highest BCUT2D eigenvalue weighted by molar-refractivity contribution is 5.87. The van der Waals surface area contributed by atoms with Crippen LogP contribution in [0.25, 0.3) is 11.3 Å². The van der Waals surface area contributed by atoms with Gasteiger partial charge in [-0.3, -0.25) is 5.10 Å². The topological polar surface area (TPSA) is 70.5 Å². The summed E-state index contributed by atoms with van der Waals surface area (Å²) >= 11 is 0. The lowest BCUT2D eigenvalue weighted by Gasteiger charge is -2.12. The van der Waals surface area contributed by atoms with Crippen LogP contribution in [0.4, 0.5) is 0 Å². The Kier molecular flexibility index (Phi) is 3.09. The van der Waals surface area contributed by atoms with Crippen LogP contribution < -0.4 is 4.74 Å². The smallest absolute Gasteiger partial charge is 0.128 e. The molecule has 88 valence electrons. The van der Waals surface area contributed by atoms with Crippen LogP contribution in [0.3, 0.4) is 0 Å². The van der Waals surface area contributed by atoms with Crippen LogP contribution in [0.5, 0.6) is 5.75 Å². The minimum atomic E-state index is 0.752. The van der Waals surface area contributed by atoms with E-state index in [1.54, 1.807) is 13.3 Å². The Hall–Kier alpha value is -2.30. The number of hydrogen-bond acceptors (Lipinski definition) is 4. The van der Waals surface area contributed by atoms with Crippen molar-refractivity contribution in [2.75, 3.05) is 7.11 Å². The number of nitrogens with one attached hydrogen (secondary N) is 1. The quantitative estimate of drug-likeness (QED) is 0.483. The largest absolute Gasteiger partial charge is 0.496 e. The summed E-state index contributed by atoms with van der Waals surface area (Å²) in [6, 6.07) is 5.54. The molecule has 1 aromatic carbocycles. The first-order valence-corrected chi connectivity index (χ1v) is 5.12. The monoisotopic (exact) mass is 231 g/mol. The maximum Gasteiger partial charge on any atom is 0.128 e. The zero-order valence-corrected chi connectivity index (χ0v) is 9.64. The van der Waals surface area contributed by atoms with Gasteiger partial charge < -0.3 is 9.94 Å². The van der Waals surface area contributed by atoms with Gasteiger partial charge in [0.2, 0.25) is 0 Å². The highest BCUT2D eigenvalue weighted by atomic mass is 16.5. The van der Waals surface area contributed by atoms with Crippen molar-refractivity contribution in [1.29, 1.82) is 0 Å². The molecule has 0 radical (unpaired) electrons. The molecule has 1 aromatic heterocycles. The number of hydrogen-bond donors (Lipinski definition) is 2. The second kappa shape index (κ2) is 4.69. The third kappa shape index (κ3) is 1.99. The van der Waals surface area contributed by atoms with Gasteiger partial charge in [0, 0.05) is 11.8 Å². The fraction of sp³-hybridized carbons (Fsp3) is 0.167. The molecular weight excluding hydrogens is 218 g/mol. The van der Waals surface area contributed by atoms with E-state index in [-0.39, 0.29) is 0 Å². The number of ether oxygens (including phenoxy) is 1. The van der Waals surface area contributed by atoms with Crippen LogP contribution >= 0.6 is 0 Å². The Morgan fingerprint density at radius 3 is 2.82 bits per heavy atom. The molecule has 0 saturated heterocycles. The van der Waals surface area contributed by atoms with E-state index in [9.17, 15) is 0 Å². The average molecular weight is 231 g/mol. The van der Waals surface area contributed by atoms with Gasteiger partial charge in [-0.15, -0.1) is 0 Å². The van der Waals surface area contributed by atoms with Crippen LogP contribution in [-0.2, 0) is 0 Å². The third-order valence-corrected chi connectivity index (χ3v) is 2.66. The van der Waals surface area contributed by atoms with Crippen molar-refractivity contribution in [3.8, 4) is 17.0 Å². The Morgan fingerprint density at radius 2 is 2.24 bits per heavy atom. The van der Waals surface area contributed by atoms with E-state index in [0.29, 0.717) is 0 Å². The van der Waals surface area contributed by atoms with E-state index in [1.165, 1.54) is 6.21 Å². The molecule has 0 amide bonds. The summed E-state index contributed by atoms with van der Waals surface area (Å²) in [6.45, 7) is 1.94. The summed E-state index contributed by atoms with van der Waals surface area (Å²) in [5, 5.41) is 18.5. The van der Waals surface area contributed by atoms with Gasteiger partial charge in [0.05, 0.1) is 19.0 Å². The van der Waals surface area contributed by atoms with Gasteiger partial charge >= 0.3 is 0 Å². The molecule has 0 spiro atoms. The second-order valence-electron chi connectivity index (χ2n) is 3.57. The van der Waals surface area contributed by atoms with E-state index in [4.69, 9.17) is 9.94 Å². The number of nitrogens with zero attached hydrogens (tertiary/aromatic N) is 2. The molecule has 0 unspecified atom stereocenters. The van der Waals surface area contributed by atoms with Crippen LogP contribution in [0, 0.1) is 6.92 Å². The highest BCUT2D eigenvalue weighted by Gasteiger charge is 2.12. The van der Waals surface area contributed by atoms with Gasteiger partial charge in [0.15, 0.2) is 0 Å². The van der Waals surface area contributed by atoms with Gasteiger partial charge in [0.1, 0.15) is 5.75 Å². The van der Waals surface area contributed by atoms with E-state index in [1.807, 2.05) is 25.1 Å². The van der Waals surface area contributed by atoms with Crippen molar-refractivity contribution >= 4 is 6.21 Å². The first kappa shape index (κ1) is 11.2. The minimum absolute atomic E-state index is 0.752. The standard InChI is InChI=1S/C12H13N3O2/c1-8-9(7-14-16)3-4-11(17-2)12(8)10-5-6-13-15-10/h3-7,16H,1-2H3,(H,13,15)/b14-7+. The zero-order valence-electron chi connectivity index (χ0n) is 9.64. The van der Waals surface area contributed by atoms with Crippen molar-refractivity contribution < 1.29 is 9.94 Å². The number of aromatic nitrogens is 2. The SMILES string of the molecule is COc1ccc(/C=N/O)c(C)c1-c1ccn[nH]1. The summed E-state index contributed by atoms with van der Waals surface area (Å²) in [5.41, 5.74) is 3.58. The second-order valence-corrected chi connectivity index (χ2v) is 3.57. The molecule has 2 aromatic rings. The number of benzene rings is 1. The maximum absolute atomic E-state index is 8.61. The van der Waals surface area contributed by atoms with Gasteiger partial charge in [0.25, 0.3) is 0 Å². The first-order valence-electron chi connectivity index (χ1n) is 5.12. The number of methoxy groups -OCH3 is 1. The highest BCUT2D eigenvalue weighted by Crippen LogP contribution is 2.33. The van der Waals surface area contributed by atoms with Crippen molar-refractivity contribution in [1.82, 2.24) is 10.2 Å². The summed E-state index contributed by atoms with van der Waals surface area (Å²) in [6.07, 6.45) is 3.08. The molecule has 5 nitrogen and oxygen atoms in total. The zero-order chi connectivity index (χ0) is 12.3. The number of rotatable bonds is 3. The lowest BCUT2D eigenvalue weighted by molar-refractivity contribution is 0.322. The number of aromatic amines is 1. The molecule has 0 atom stereocenters. The van der Waals surface area contributed by atoms with Crippen molar-refractivity contribution in [3.05, 3.63) is 35.5 Å². The fourth-order valence-electron chi connectivity index (χ4n) is 1.80. The van der Waals surface area contributed by atoms with E-state index in [2.05, 4.69) is 15.4 Å². The summed E-state index contributed by atoms with van der Waals surface area (Å²) in [7, 11) is 1.62. The lowest BCUT2D eigenvalue weighted by atomic mass is 9.99. The average Bonchev–Trinajstić information content (AvgIpc) is 2.85. The Morgan fingerprint density at radius 1 is 1.41 bits per heavy atom. The normalized spacial score (nSPS) is 10.9. The van der Waals surface area contributed by atoms with E-state index >= 15 is 0 Å². The molecule has 0 bridgehead atoms. The molecule has 0 fully saturated rings. The molecule has 1 heterocycles. The summed E-state index contributed by atoms with van der Waals surface area (Å²) in [4.78, 5) is 0. The Balaban J connectivity index is 2.65. The summed E-state index contributed by atoms with van der Waals surface area (Å²) < 4.78 is 5.33. The molecule has 0 aliphatic carbocycles. The Bertz CT molecular complexity index is 533. The molecule has 2 N–H and O–H groups in total. The third-order valence-electron chi connectivity index (χ3n) is 2.66. The van der Waals surface area contributed by atoms with Crippen molar-refractivity contribution in [2.24, 2.45) is 5.16 Å². The van der Waals surface area contributed by atoms with Crippen LogP contribution in [0.15, 0.2) is 29.6 Å². The van der Waals surface area contributed by atoms with Crippen LogP contribution in [0.1, 0.15) is 11.1 Å². The molecule has 0 aliphatic heterocycles. The van der Waals surface area contributed by atoms with Gasteiger partial charge in [-0.1, -0.05) is 5.16 Å². The van der Waals surface area contributed by atoms with Crippen molar-refractivity contribution in [2.45, 2.75) is 6.92 Å². The number of oxime groups is 1. The van der Waals surface area contributed by atoms with Gasteiger partial charge in [-0.25, -0.2) is 0 Å². The lowest BCUT2D eigenvalue weighted by Crippen LogP contribution is -1.96. The molecule has 17 heavy (non-hydrogen) atoms. The molecule has 5 heteroatoms. The van der Waals surface area contributed by atoms with Crippen LogP contribution in [0.2, 0.25) is 0 Å². The fourth-order valence-corrected chi connectivity index (χ4v) is 1.80. The van der Waals surface area contributed by atoms with E-state index < -0.39 is 0 Å². The van der Waals surface area contributed by atoms with Crippen molar-refractivity contribution in [3.63, 3.8) is 0 Å². The maximum atomic E-state index is 8.61. The molecule has 0 saturated carbocycles. The summed E-state index contributed by atoms with van der Waals surface area (Å²) in [5.74, 6) is 0.752. The number of H-pyrrole nitrogens is 1. The molecular formula is C12H13N3O2. The minimum Gasteiger partial charge on any atom is -0.496 e. The van der Waals surface area contributed by atoms with Crippen LogP contribution in [-0.4, -0.2) is 28.7 Å². The Labute approximate surface area is 98.7 Å². The molecule has 0 aliphatic rings.